The van der Waals surface area contributed by atoms with Crippen molar-refractivity contribution in [3.63, 3.8) is 0 Å². The van der Waals surface area contributed by atoms with E-state index in [1.54, 1.807) is 16.9 Å². The molecule has 3 aliphatic rings. The van der Waals surface area contributed by atoms with Gasteiger partial charge in [-0.15, -0.1) is 0 Å². The van der Waals surface area contributed by atoms with Gasteiger partial charge in [0.2, 0.25) is 11.8 Å². The fraction of sp³-hybridized carbons (Fsp3) is 0.524. The quantitative estimate of drug-likeness (QED) is 0.737. The zero-order valence-electron chi connectivity index (χ0n) is 16.5. The molecule has 0 aliphatic carbocycles. The van der Waals surface area contributed by atoms with E-state index in [0.717, 1.165) is 17.7 Å². The van der Waals surface area contributed by atoms with E-state index in [1.165, 1.54) is 5.57 Å². The van der Waals surface area contributed by atoms with Crippen LogP contribution in [0, 0.1) is 5.92 Å². The summed E-state index contributed by atoms with van der Waals surface area (Å²) in [7, 11) is -1.42. The van der Waals surface area contributed by atoms with Crippen LogP contribution in [0.2, 0.25) is 0 Å². The largest absolute Gasteiger partial charge is 0.497 e. The van der Waals surface area contributed by atoms with Crippen molar-refractivity contribution in [2.24, 2.45) is 5.92 Å². The third-order valence-corrected chi connectivity index (χ3v) is 7.89. The van der Waals surface area contributed by atoms with E-state index in [-0.39, 0.29) is 41.7 Å². The molecular weight excluding hydrogens is 392 g/mol. The fourth-order valence-corrected chi connectivity index (χ4v) is 6.20. The lowest BCUT2D eigenvalue weighted by Crippen LogP contribution is -2.41. The molecule has 0 unspecified atom stereocenters. The van der Waals surface area contributed by atoms with Gasteiger partial charge in [0.1, 0.15) is 5.75 Å². The number of hydrogen-bond acceptors (Lipinski definition) is 5. The smallest absolute Gasteiger partial charge is 0.228 e. The summed E-state index contributed by atoms with van der Waals surface area (Å²) in [5.74, 6) is 0.487. The third-order valence-electron chi connectivity index (χ3n) is 6.14. The van der Waals surface area contributed by atoms with E-state index in [9.17, 15) is 18.0 Å². The highest BCUT2D eigenvalue weighted by atomic mass is 32.2. The Balaban J connectivity index is 1.37. The van der Waals surface area contributed by atoms with E-state index >= 15 is 0 Å². The number of carbonyl (C=O) groups is 2. The van der Waals surface area contributed by atoms with E-state index in [0.29, 0.717) is 26.1 Å². The van der Waals surface area contributed by atoms with Crippen molar-refractivity contribution in [3.05, 3.63) is 35.9 Å². The number of methoxy groups -OCH3 is 1. The number of carbonyl (C=O) groups excluding carboxylic acids is 2. The van der Waals surface area contributed by atoms with Gasteiger partial charge in [0, 0.05) is 32.1 Å². The third kappa shape index (κ3) is 4.17. The summed E-state index contributed by atoms with van der Waals surface area (Å²) < 4.78 is 28.6. The van der Waals surface area contributed by atoms with E-state index in [1.807, 2.05) is 24.3 Å². The molecule has 1 aromatic rings. The van der Waals surface area contributed by atoms with Gasteiger partial charge in [0.25, 0.3) is 0 Å². The summed E-state index contributed by atoms with van der Waals surface area (Å²) in [5.41, 5.74) is 2.33. The highest BCUT2D eigenvalue weighted by Crippen LogP contribution is 2.29. The molecule has 3 aliphatic heterocycles. The van der Waals surface area contributed by atoms with E-state index < -0.39 is 9.84 Å². The van der Waals surface area contributed by atoms with Gasteiger partial charge in [0.15, 0.2) is 9.84 Å². The van der Waals surface area contributed by atoms with Crippen LogP contribution in [0.25, 0.3) is 5.57 Å². The number of sulfone groups is 1. The standard InChI is InChI=1S/C21H26N2O5S/c1-28-19-4-2-15(3-5-19)16-6-9-22(10-7-16)21(25)17-12-20(24)23(13-17)18-8-11-29(26,27)14-18/h2-6,17-18H,7-14H2,1H3/t17-,18+/m0/s1. The molecule has 0 saturated carbocycles. The SMILES string of the molecule is COc1ccc(C2=CCN(C(=O)[C@H]3CC(=O)N([C@@H]4CCS(=O)(=O)C4)C3)CC2)cc1. The van der Waals surface area contributed by atoms with Crippen LogP contribution in [0.1, 0.15) is 24.8 Å². The average Bonchev–Trinajstić information content (AvgIpc) is 3.29. The van der Waals surface area contributed by atoms with Gasteiger partial charge < -0.3 is 14.5 Å². The Bertz CT molecular complexity index is 938. The van der Waals surface area contributed by atoms with Gasteiger partial charge in [0.05, 0.1) is 24.5 Å². The first-order valence-corrected chi connectivity index (χ1v) is 11.8. The minimum Gasteiger partial charge on any atom is -0.497 e. The highest BCUT2D eigenvalue weighted by Gasteiger charge is 2.42. The normalized spacial score (nSPS) is 26.5. The molecular formula is C21H26N2O5S. The Kier molecular flexibility index (Phi) is 5.38. The number of benzene rings is 1. The lowest BCUT2D eigenvalue weighted by molar-refractivity contribution is -0.135. The molecule has 0 aromatic heterocycles. The Labute approximate surface area is 171 Å². The van der Waals surface area contributed by atoms with Crippen molar-refractivity contribution in [2.45, 2.75) is 25.3 Å². The van der Waals surface area contributed by atoms with Crippen molar-refractivity contribution < 1.29 is 22.7 Å². The van der Waals surface area contributed by atoms with Gasteiger partial charge in [-0.05, 0) is 36.1 Å². The molecule has 4 rings (SSSR count). The van der Waals surface area contributed by atoms with Crippen LogP contribution >= 0.6 is 0 Å². The number of amides is 2. The molecule has 0 N–H and O–H groups in total. The number of ether oxygens (including phenoxy) is 1. The van der Waals surface area contributed by atoms with Gasteiger partial charge in [-0.3, -0.25) is 9.59 Å². The van der Waals surface area contributed by atoms with Crippen LogP contribution < -0.4 is 4.74 Å². The van der Waals surface area contributed by atoms with Crippen molar-refractivity contribution in [2.75, 3.05) is 38.2 Å². The maximum absolute atomic E-state index is 12.9. The molecule has 156 valence electrons. The molecule has 2 fully saturated rings. The van der Waals surface area contributed by atoms with E-state index in [4.69, 9.17) is 4.74 Å². The number of hydrogen-bond donors (Lipinski definition) is 0. The molecule has 7 nitrogen and oxygen atoms in total. The number of nitrogens with zero attached hydrogens (tertiary/aromatic N) is 2. The summed E-state index contributed by atoms with van der Waals surface area (Å²) in [6, 6.07) is 7.62. The van der Waals surface area contributed by atoms with Crippen LogP contribution in [0.15, 0.2) is 30.3 Å². The Hall–Kier alpha value is -2.35. The summed E-state index contributed by atoms with van der Waals surface area (Å²) >= 11 is 0. The zero-order chi connectivity index (χ0) is 20.6. The summed E-state index contributed by atoms with van der Waals surface area (Å²) in [6.07, 6.45) is 3.50. The second-order valence-electron chi connectivity index (χ2n) is 8.00. The van der Waals surface area contributed by atoms with Gasteiger partial charge >= 0.3 is 0 Å². The van der Waals surface area contributed by atoms with Crippen molar-refractivity contribution in [1.82, 2.24) is 9.80 Å². The molecule has 2 saturated heterocycles. The summed E-state index contributed by atoms with van der Waals surface area (Å²) in [6.45, 7) is 1.49. The molecule has 2 atom stereocenters. The topological polar surface area (TPSA) is 84.0 Å². The molecule has 0 bridgehead atoms. The Morgan fingerprint density at radius 1 is 1.21 bits per heavy atom. The Morgan fingerprint density at radius 3 is 2.55 bits per heavy atom. The van der Waals surface area contributed by atoms with E-state index in [2.05, 4.69) is 6.08 Å². The zero-order valence-corrected chi connectivity index (χ0v) is 17.4. The van der Waals surface area contributed by atoms with Crippen LogP contribution in [-0.4, -0.2) is 74.3 Å². The molecule has 8 heteroatoms. The van der Waals surface area contributed by atoms with Crippen molar-refractivity contribution in [3.8, 4) is 5.75 Å². The minimum absolute atomic E-state index is 0.00765. The van der Waals surface area contributed by atoms with Gasteiger partial charge in [-0.1, -0.05) is 18.2 Å². The number of likely N-dealkylation sites (tertiary alicyclic amines) is 1. The summed E-state index contributed by atoms with van der Waals surface area (Å²) in [4.78, 5) is 28.8. The second-order valence-corrected chi connectivity index (χ2v) is 10.2. The Morgan fingerprint density at radius 2 is 1.97 bits per heavy atom. The second kappa shape index (κ2) is 7.82. The first-order valence-electron chi connectivity index (χ1n) is 9.98. The molecule has 1 aromatic carbocycles. The first kappa shape index (κ1) is 19.9. The summed E-state index contributed by atoms with van der Waals surface area (Å²) in [5, 5.41) is 0. The molecule has 2 amide bonds. The molecule has 29 heavy (non-hydrogen) atoms. The van der Waals surface area contributed by atoms with Crippen molar-refractivity contribution >= 4 is 27.2 Å². The molecule has 3 heterocycles. The van der Waals surface area contributed by atoms with Crippen molar-refractivity contribution in [1.29, 1.82) is 0 Å². The predicted octanol–water partition coefficient (Wildman–Crippen LogP) is 1.35. The van der Waals surface area contributed by atoms with Crippen LogP contribution in [-0.2, 0) is 19.4 Å². The average molecular weight is 419 g/mol. The van der Waals surface area contributed by atoms with Crippen LogP contribution in [0.4, 0.5) is 0 Å². The lowest BCUT2D eigenvalue weighted by atomic mass is 9.98. The maximum atomic E-state index is 12.9. The maximum Gasteiger partial charge on any atom is 0.228 e. The highest BCUT2D eigenvalue weighted by molar-refractivity contribution is 7.91. The van der Waals surface area contributed by atoms with Gasteiger partial charge in [-0.25, -0.2) is 8.42 Å². The van der Waals surface area contributed by atoms with Crippen LogP contribution in [0.5, 0.6) is 5.75 Å². The first-order chi connectivity index (χ1) is 13.9. The van der Waals surface area contributed by atoms with Gasteiger partial charge in [-0.2, -0.15) is 0 Å². The molecule has 0 radical (unpaired) electrons. The number of rotatable bonds is 4. The van der Waals surface area contributed by atoms with Crippen LogP contribution in [0.3, 0.4) is 0 Å². The monoisotopic (exact) mass is 418 g/mol. The lowest BCUT2D eigenvalue weighted by Gasteiger charge is -2.29. The minimum atomic E-state index is -3.06. The molecule has 0 spiro atoms. The fourth-order valence-electron chi connectivity index (χ4n) is 4.47. The predicted molar refractivity (Wildman–Crippen MR) is 109 cm³/mol.